The molecule has 0 radical (unpaired) electrons. The summed E-state index contributed by atoms with van der Waals surface area (Å²) in [6.45, 7) is 0. The Hall–Kier alpha value is -1.31. The highest BCUT2D eigenvalue weighted by Crippen LogP contribution is 2.26. The fraction of sp³-hybridized carbons (Fsp3) is 0.0714. The number of aromatic amines is 2. The SMILES string of the molecule is NC(c1ccc(I)c(Cl)c1)c1ccc2[nH]c(=O)[nH]c2c1. The van der Waals surface area contributed by atoms with Crippen LogP contribution in [0.4, 0.5) is 0 Å². The number of hydrogen-bond acceptors (Lipinski definition) is 2. The molecule has 1 atom stereocenters. The van der Waals surface area contributed by atoms with Crippen LogP contribution in [0.3, 0.4) is 0 Å². The maximum atomic E-state index is 11.3. The van der Waals surface area contributed by atoms with Gasteiger partial charge in [0, 0.05) is 3.57 Å². The molecule has 102 valence electrons. The number of fused-ring (bicyclic) bond motifs is 1. The lowest BCUT2D eigenvalue weighted by atomic mass is 9.99. The van der Waals surface area contributed by atoms with Gasteiger partial charge in [0.2, 0.25) is 0 Å². The number of benzene rings is 2. The van der Waals surface area contributed by atoms with Crippen molar-refractivity contribution in [2.45, 2.75) is 6.04 Å². The average Bonchev–Trinajstić information content (AvgIpc) is 2.80. The number of nitrogens with one attached hydrogen (secondary N) is 2. The normalized spacial score (nSPS) is 12.8. The number of hydrogen-bond donors (Lipinski definition) is 3. The summed E-state index contributed by atoms with van der Waals surface area (Å²) in [4.78, 5) is 16.7. The van der Waals surface area contributed by atoms with Gasteiger partial charge >= 0.3 is 5.69 Å². The van der Waals surface area contributed by atoms with Crippen LogP contribution >= 0.6 is 34.2 Å². The number of halogens is 2. The van der Waals surface area contributed by atoms with Crippen LogP contribution < -0.4 is 11.4 Å². The molecule has 0 aliphatic heterocycles. The van der Waals surface area contributed by atoms with E-state index in [0.717, 1.165) is 25.7 Å². The third kappa shape index (κ3) is 2.48. The van der Waals surface area contributed by atoms with Crippen molar-refractivity contribution in [1.82, 2.24) is 9.97 Å². The zero-order valence-electron chi connectivity index (χ0n) is 10.3. The van der Waals surface area contributed by atoms with Crippen LogP contribution in [0.5, 0.6) is 0 Å². The van der Waals surface area contributed by atoms with E-state index in [2.05, 4.69) is 32.6 Å². The molecule has 3 rings (SSSR count). The number of imidazole rings is 1. The van der Waals surface area contributed by atoms with Crippen LogP contribution in [0.2, 0.25) is 5.02 Å². The minimum atomic E-state index is -0.285. The van der Waals surface area contributed by atoms with Crippen LogP contribution in [0.25, 0.3) is 11.0 Å². The van der Waals surface area contributed by atoms with Crippen molar-refractivity contribution in [3.05, 3.63) is 66.6 Å². The van der Waals surface area contributed by atoms with Gasteiger partial charge in [-0.2, -0.15) is 0 Å². The molecule has 0 spiro atoms. The highest BCUT2D eigenvalue weighted by molar-refractivity contribution is 14.1. The Morgan fingerprint density at radius 2 is 1.70 bits per heavy atom. The smallest absolute Gasteiger partial charge is 0.320 e. The Bertz CT molecular complexity index is 840. The van der Waals surface area contributed by atoms with E-state index in [-0.39, 0.29) is 11.7 Å². The number of aromatic nitrogens is 2. The zero-order chi connectivity index (χ0) is 14.3. The first-order valence-electron chi connectivity index (χ1n) is 5.97. The predicted molar refractivity (Wildman–Crippen MR) is 89.1 cm³/mol. The van der Waals surface area contributed by atoms with E-state index in [0.29, 0.717) is 5.02 Å². The molecule has 0 saturated heterocycles. The zero-order valence-corrected chi connectivity index (χ0v) is 13.2. The molecule has 0 bridgehead atoms. The second-order valence-corrected chi connectivity index (χ2v) is 6.10. The quantitative estimate of drug-likeness (QED) is 0.579. The van der Waals surface area contributed by atoms with Crippen LogP contribution in [-0.2, 0) is 0 Å². The summed E-state index contributed by atoms with van der Waals surface area (Å²) in [5.74, 6) is 0. The Morgan fingerprint density at radius 1 is 1.05 bits per heavy atom. The Morgan fingerprint density at radius 3 is 2.45 bits per heavy atom. The van der Waals surface area contributed by atoms with E-state index in [4.69, 9.17) is 17.3 Å². The summed E-state index contributed by atoms with van der Waals surface area (Å²) in [6.07, 6.45) is 0. The first kappa shape index (κ1) is 13.7. The maximum absolute atomic E-state index is 11.3. The summed E-state index contributed by atoms with van der Waals surface area (Å²) in [6, 6.07) is 11.1. The minimum Gasteiger partial charge on any atom is -0.320 e. The monoisotopic (exact) mass is 399 g/mol. The van der Waals surface area contributed by atoms with Crippen molar-refractivity contribution >= 4 is 45.2 Å². The van der Waals surface area contributed by atoms with E-state index in [9.17, 15) is 4.79 Å². The van der Waals surface area contributed by atoms with Gasteiger partial charge in [-0.15, -0.1) is 0 Å². The van der Waals surface area contributed by atoms with Gasteiger partial charge in [-0.25, -0.2) is 4.79 Å². The fourth-order valence-electron chi connectivity index (χ4n) is 2.14. The molecule has 0 aliphatic rings. The molecular formula is C14H11ClIN3O. The van der Waals surface area contributed by atoms with Gasteiger partial charge in [-0.1, -0.05) is 23.7 Å². The molecule has 1 aromatic heterocycles. The number of nitrogens with two attached hydrogens (primary N) is 1. The molecule has 0 aliphatic carbocycles. The molecule has 1 unspecified atom stereocenters. The summed E-state index contributed by atoms with van der Waals surface area (Å²) < 4.78 is 0.991. The van der Waals surface area contributed by atoms with Crippen molar-refractivity contribution in [3.63, 3.8) is 0 Å². The van der Waals surface area contributed by atoms with E-state index in [1.54, 1.807) is 0 Å². The van der Waals surface area contributed by atoms with Crippen molar-refractivity contribution in [1.29, 1.82) is 0 Å². The van der Waals surface area contributed by atoms with Crippen molar-refractivity contribution in [3.8, 4) is 0 Å². The molecule has 3 aromatic rings. The van der Waals surface area contributed by atoms with Crippen molar-refractivity contribution < 1.29 is 0 Å². The van der Waals surface area contributed by atoms with Crippen LogP contribution in [0.15, 0.2) is 41.2 Å². The third-order valence-electron chi connectivity index (χ3n) is 3.20. The molecule has 6 heteroatoms. The first-order chi connectivity index (χ1) is 9.54. The molecule has 4 N–H and O–H groups in total. The molecule has 1 heterocycles. The summed E-state index contributed by atoms with van der Waals surface area (Å²) in [5.41, 5.74) is 9.43. The average molecular weight is 400 g/mol. The fourth-order valence-corrected chi connectivity index (χ4v) is 2.67. The maximum Gasteiger partial charge on any atom is 0.323 e. The molecule has 0 saturated carbocycles. The van der Waals surface area contributed by atoms with Gasteiger partial charge < -0.3 is 15.7 Å². The Balaban J connectivity index is 2.04. The van der Waals surface area contributed by atoms with Crippen LogP contribution in [-0.4, -0.2) is 9.97 Å². The summed E-state index contributed by atoms with van der Waals surface area (Å²) in [5, 5.41) is 0.690. The third-order valence-corrected chi connectivity index (χ3v) is 4.77. The Labute approximate surface area is 133 Å². The number of rotatable bonds is 2. The highest BCUT2D eigenvalue weighted by Gasteiger charge is 2.11. The van der Waals surface area contributed by atoms with Crippen molar-refractivity contribution in [2.24, 2.45) is 5.73 Å². The lowest BCUT2D eigenvalue weighted by Gasteiger charge is -2.13. The van der Waals surface area contributed by atoms with E-state index >= 15 is 0 Å². The van der Waals surface area contributed by atoms with Gasteiger partial charge in [0.05, 0.1) is 22.1 Å². The predicted octanol–water partition coefficient (Wildman–Crippen LogP) is 3.16. The van der Waals surface area contributed by atoms with Gasteiger partial charge in [0.15, 0.2) is 0 Å². The molecule has 20 heavy (non-hydrogen) atoms. The van der Waals surface area contributed by atoms with E-state index < -0.39 is 0 Å². The molecule has 2 aromatic carbocycles. The highest BCUT2D eigenvalue weighted by atomic mass is 127. The largest absolute Gasteiger partial charge is 0.323 e. The second-order valence-electron chi connectivity index (χ2n) is 4.54. The molecule has 4 nitrogen and oxygen atoms in total. The van der Waals surface area contributed by atoms with Crippen molar-refractivity contribution in [2.75, 3.05) is 0 Å². The molecular weight excluding hydrogens is 389 g/mol. The van der Waals surface area contributed by atoms with Crippen LogP contribution in [0, 0.1) is 3.57 Å². The second kappa shape index (κ2) is 5.23. The first-order valence-corrected chi connectivity index (χ1v) is 7.43. The Kier molecular flexibility index (Phi) is 3.57. The van der Waals surface area contributed by atoms with E-state index in [1.165, 1.54) is 0 Å². The lowest BCUT2D eigenvalue weighted by molar-refractivity contribution is 0.872. The summed E-state index contributed by atoms with van der Waals surface area (Å²) >= 11 is 8.30. The molecule has 0 amide bonds. The van der Waals surface area contributed by atoms with Crippen LogP contribution in [0.1, 0.15) is 17.2 Å². The van der Waals surface area contributed by atoms with Gasteiger partial charge in [0.25, 0.3) is 0 Å². The lowest BCUT2D eigenvalue weighted by Crippen LogP contribution is -2.11. The van der Waals surface area contributed by atoms with E-state index in [1.807, 2.05) is 36.4 Å². The minimum absolute atomic E-state index is 0.219. The summed E-state index contributed by atoms with van der Waals surface area (Å²) in [7, 11) is 0. The molecule has 0 fully saturated rings. The number of H-pyrrole nitrogens is 2. The van der Waals surface area contributed by atoms with Gasteiger partial charge in [0.1, 0.15) is 0 Å². The van der Waals surface area contributed by atoms with Gasteiger partial charge in [-0.05, 0) is 58.0 Å². The standard InChI is InChI=1S/C14H11ClIN3O/c15-9-5-7(1-3-10(9)16)13(17)8-2-4-11-12(6-8)19-14(20)18-11/h1-6,13H,17H2,(H2,18,19,20). The van der Waals surface area contributed by atoms with Gasteiger partial charge in [-0.3, -0.25) is 0 Å². The topological polar surface area (TPSA) is 74.7 Å².